The number of hydrogen-bond acceptors (Lipinski definition) is 3. The maximum absolute atomic E-state index is 13.2. The molecule has 1 fully saturated rings. The first-order valence-electron chi connectivity index (χ1n) is 8.48. The Morgan fingerprint density at radius 1 is 1.23 bits per heavy atom. The summed E-state index contributed by atoms with van der Waals surface area (Å²) in [6.07, 6.45) is 6.87. The average molecular weight is 362 g/mol. The van der Waals surface area contributed by atoms with Crippen LogP contribution in [-0.4, -0.2) is 27.4 Å². The molecule has 1 saturated carbocycles. The number of nitrogens with one attached hydrogen (secondary N) is 2. The van der Waals surface area contributed by atoms with Crippen molar-refractivity contribution < 1.29 is 18.4 Å². The third-order valence-electron chi connectivity index (χ3n) is 4.50. The van der Waals surface area contributed by atoms with Crippen LogP contribution < -0.4 is 10.6 Å². The van der Waals surface area contributed by atoms with Gasteiger partial charge in [-0.15, -0.1) is 0 Å². The quantitative estimate of drug-likeness (QED) is 0.822. The summed E-state index contributed by atoms with van der Waals surface area (Å²) < 4.78 is 27.8. The first-order valence-corrected chi connectivity index (χ1v) is 8.48. The largest absolute Gasteiger partial charge is 0.352 e. The topological polar surface area (TPSA) is 76.0 Å². The minimum Gasteiger partial charge on any atom is -0.352 e. The number of aromatic nitrogens is 2. The number of amides is 2. The van der Waals surface area contributed by atoms with E-state index >= 15 is 0 Å². The molecule has 1 aromatic heterocycles. The van der Waals surface area contributed by atoms with E-state index in [0.717, 1.165) is 18.6 Å². The second-order valence-electron chi connectivity index (χ2n) is 6.48. The predicted octanol–water partition coefficient (Wildman–Crippen LogP) is 1.76. The maximum Gasteiger partial charge on any atom is 0.240 e. The summed E-state index contributed by atoms with van der Waals surface area (Å²) in [5.74, 6) is -2.29. The van der Waals surface area contributed by atoms with E-state index < -0.39 is 11.6 Å². The van der Waals surface area contributed by atoms with Crippen molar-refractivity contribution in [2.24, 2.45) is 5.92 Å². The first kappa shape index (κ1) is 18.0. The average Bonchev–Trinajstić information content (AvgIpc) is 3.27. The van der Waals surface area contributed by atoms with Crippen molar-refractivity contribution >= 4 is 11.8 Å². The molecule has 1 aliphatic rings. The van der Waals surface area contributed by atoms with Crippen LogP contribution in [0.4, 0.5) is 8.78 Å². The fraction of sp³-hybridized carbons (Fsp3) is 0.389. The number of imidazole rings is 1. The van der Waals surface area contributed by atoms with Crippen LogP contribution in [0.25, 0.3) is 0 Å². The number of benzene rings is 1. The van der Waals surface area contributed by atoms with Crippen molar-refractivity contribution in [3.05, 3.63) is 54.1 Å². The maximum atomic E-state index is 13.2. The number of carbonyl (C=O) groups excluding carboxylic acids is 2. The first-order chi connectivity index (χ1) is 12.5. The minimum absolute atomic E-state index is 0.0370. The summed E-state index contributed by atoms with van der Waals surface area (Å²) in [6, 6.07) is 3.51. The molecule has 0 radical (unpaired) electrons. The Morgan fingerprint density at radius 3 is 2.81 bits per heavy atom. The van der Waals surface area contributed by atoms with E-state index in [1.165, 1.54) is 6.07 Å². The minimum atomic E-state index is -0.932. The Bertz CT molecular complexity index is 780. The highest BCUT2D eigenvalue weighted by Gasteiger charge is 2.30. The highest BCUT2D eigenvalue weighted by Crippen LogP contribution is 2.26. The van der Waals surface area contributed by atoms with Crippen molar-refractivity contribution in [2.45, 2.75) is 38.4 Å². The lowest BCUT2D eigenvalue weighted by atomic mass is 10.1. The van der Waals surface area contributed by atoms with E-state index in [4.69, 9.17) is 0 Å². The third-order valence-corrected chi connectivity index (χ3v) is 4.50. The normalized spacial score (nSPS) is 19.3. The molecule has 1 heterocycles. The highest BCUT2D eigenvalue weighted by atomic mass is 19.2. The van der Waals surface area contributed by atoms with Gasteiger partial charge in [0.1, 0.15) is 6.54 Å². The van der Waals surface area contributed by atoms with Crippen LogP contribution in [0, 0.1) is 17.6 Å². The van der Waals surface area contributed by atoms with Crippen molar-refractivity contribution in [3.63, 3.8) is 0 Å². The van der Waals surface area contributed by atoms with Crippen molar-refractivity contribution in [1.82, 2.24) is 20.2 Å². The van der Waals surface area contributed by atoms with E-state index in [0.29, 0.717) is 18.4 Å². The smallest absolute Gasteiger partial charge is 0.240 e. The van der Waals surface area contributed by atoms with E-state index in [2.05, 4.69) is 15.6 Å². The molecule has 3 rings (SSSR count). The molecule has 0 saturated heterocycles. The van der Waals surface area contributed by atoms with Gasteiger partial charge in [-0.25, -0.2) is 13.8 Å². The van der Waals surface area contributed by atoms with Gasteiger partial charge in [-0.1, -0.05) is 6.07 Å². The Labute approximate surface area is 149 Å². The molecule has 26 heavy (non-hydrogen) atoms. The van der Waals surface area contributed by atoms with Crippen LogP contribution in [0.5, 0.6) is 0 Å². The summed E-state index contributed by atoms with van der Waals surface area (Å²) >= 11 is 0. The second kappa shape index (κ2) is 8.07. The highest BCUT2D eigenvalue weighted by molar-refractivity contribution is 5.79. The lowest BCUT2D eigenvalue weighted by molar-refractivity contribution is -0.125. The van der Waals surface area contributed by atoms with E-state index in [9.17, 15) is 18.4 Å². The molecule has 0 aliphatic heterocycles. The number of carbonyl (C=O) groups is 2. The zero-order chi connectivity index (χ0) is 18.5. The summed E-state index contributed by atoms with van der Waals surface area (Å²) in [4.78, 5) is 28.1. The van der Waals surface area contributed by atoms with Gasteiger partial charge in [0.2, 0.25) is 11.8 Å². The van der Waals surface area contributed by atoms with Crippen molar-refractivity contribution in [3.8, 4) is 0 Å². The van der Waals surface area contributed by atoms with E-state index in [1.807, 2.05) is 0 Å². The van der Waals surface area contributed by atoms with Gasteiger partial charge in [0.05, 0.1) is 6.33 Å². The lowest BCUT2D eigenvalue weighted by Crippen LogP contribution is -2.36. The molecule has 0 spiro atoms. The van der Waals surface area contributed by atoms with Gasteiger partial charge in [0.15, 0.2) is 11.6 Å². The molecule has 0 unspecified atom stereocenters. The standard InChI is InChI=1S/C18H20F2N4O2/c19-15-4-1-12(7-16(15)20)9-22-18(26)13-2-3-14(8-13)23-17(25)10-24-6-5-21-11-24/h1,4-7,11,13-14H,2-3,8-10H2,(H,22,26)(H,23,25)/t13-,14+/m1/s1. The molecular formula is C18H20F2N4O2. The Balaban J connectivity index is 1.43. The fourth-order valence-electron chi connectivity index (χ4n) is 3.15. The molecule has 0 bridgehead atoms. The summed E-state index contributed by atoms with van der Waals surface area (Å²) in [6.45, 7) is 0.341. The summed E-state index contributed by atoms with van der Waals surface area (Å²) in [5, 5.41) is 5.68. The van der Waals surface area contributed by atoms with Gasteiger partial charge in [-0.05, 0) is 37.0 Å². The molecule has 138 valence electrons. The second-order valence-corrected chi connectivity index (χ2v) is 6.48. The molecular weight excluding hydrogens is 342 g/mol. The third kappa shape index (κ3) is 4.65. The van der Waals surface area contributed by atoms with Gasteiger partial charge >= 0.3 is 0 Å². The molecule has 2 N–H and O–H groups in total. The van der Waals surface area contributed by atoms with Gasteiger partial charge in [-0.3, -0.25) is 9.59 Å². The zero-order valence-electron chi connectivity index (χ0n) is 14.1. The van der Waals surface area contributed by atoms with Gasteiger partial charge in [0, 0.05) is 30.9 Å². The van der Waals surface area contributed by atoms with Crippen LogP contribution >= 0.6 is 0 Å². The summed E-state index contributed by atoms with van der Waals surface area (Å²) in [7, 11) is 0. The monoisotopic (exact) mass is 362 g/mol. The number of hydrogen-bond donors (Lipinski definition) is 2. The van der Waals surface area contributed by atoms with E-state index in [-0.39, 0.29) is 36.9 Å². The van der Waals surface area contributed by atoms with Crippen LogP contribution in [0.15, 0.2) is 36.9 Å². The Kier molecular flexibility index (Phi) is 5.60. The lowest BCUT2D eigenvalue weighted by Gasteiger charge is -2.14. The molecule has 2 atom stereocenters. The number of rotatable bonds is 6. The summed E-state index contributed by atoms with van der Waals surface area (Å²) in [5.41, 5.74) is 0.500. The molecule has 1 aliphatic carbocycles. The van der Waals surface area contributed by atoms with Crippen LogP contribution in [0.3, 0.4) is 0 Å². The SMILES string of the molecule is O=C(Cn1ccnc1)N[C@H]1CC[C@@H](C(=O)NCc2ccc(F)c(F)c2)C1. The molecule has 6 nitrogen and oxygen atoms in total. The van der Waals surface area contributed by atoms with Crippen LogP contribution in [0.1, 0.15) is 24.8 Å². The van der Waals surface area contributed by atoms with Crippen molar-refractivity contribution in [1.29, 1.82) is 0 Å². The fourth-order valence-corrected chi connectivity index (χ4v) is 3.15. The van der Waals surface area contributed by atoms with Gasteiger partial charge < -0.3 is 15.2 Å². The Hall–Kier alpha value is -2.77. The van der Waals surface area contributed by atoms with E-state index in [1.54, 1.807) is 23.3 Å². The van der Waals surface area contributed by atoms with Gasteiger partial charge in [0.25, 0.3) is 0 Å². The predicted molar refractivity (Wildman–Crippen MR) is 89.7 cm³/mol. The number of nitrogens with zero attached hydrogens (tertiary/aromatic N) is 2. The number of halogens is 2. The van der Waals surface area contributed by atoms with Crippen LogP contribution in [-0.2, 0) is 22.7 Å². The Morgan fingerprint density at radius 2 is 2.08 bits per heavy atom. The molecule has 1 aromatic carbocycles. The zero-order valence-corrected chi connectivity index (χ0v) is 14.1. The van der Waals surface area contributed by atoms with Crippen LogP contribution in [0.2, 0.25) is 0 Å². The van der Waals surface area contributed by atoms with Gasteiger partial charge in [-0.2, -0.15) is 0 Å². The molecule has 2 aromatic rings. The van der Waals surface area contributed by atoms with Crippen molar-refractivity contribution in [2.75, 3.05) is 0 Å². The molecule has 2 amide bonds. The molecule has 8 heteroatoms.